The van der Waals surface area contributed by atoms with Gasteiger partial charge in [-0.2, -0.15) is 0 Å². The molecular weight excluding hydrogens is 284 g/mol. The molecule has 1 aliphatic rings. The molecule has 2 atom stereocenters. The lowest BCUT2D eigenvalue weighted by atomic mass is 10.1. The topological polar surface area (TPSA) is 64.3 Å². The van der Waals surface area contributed by atoms with Gasteiger partial charge in [0.1, 0.15) is 4.88 Å². The van der Waals surface area contributed by atoms with Crippen molar-refractivity contribution in [3.63, 3.8) is 0 Å². The molecule has 112 valence electrons. The van der Waals surface area contributed by atoms with E-state index in [2.05, 4.69) is 5.32 Å². The van der Waals surface area contributed by atoms with Crippen molar-refractivity contribution >= 4 is 33.0 Å². The maximum absolute atomic E-state index is 12.5. The SMILES string of the molecule is COC1CCCC1NC(=O)c1sc2c(C)cccc2c1N. The number of thiophene rings is 1. The lowest BCUT2D eigenvalue weighted by Gasteiger charge is -2.19. The van der Waals surface area contributed by atoms with Crippen molar-refractivity contribution in [3.05, 3.63) is 28.6 Å². The molecule has 0 saturated heterocycles. The summed E-state index contributed by atoms with van der Waals surface area (Å²) < 4.78 is 6.52. The maximum Gasteiger partial charge on any atom is 0.263 e. The highest BCUT2D eigenvalue weighted by molar-refractivity contribution is 7.21. The largest absolute Gasteiger partial charge is 0.397 e. The van der Waals surface area contributed by atoms with Gasteiger partial charge in [0, 0.05) is 17.2 Å². The van der Waals surface area contributed by atoms with Gasteiger partial charge in [-0.3, -0.25) is 4.79 Å². The molecule has 1 aromatic heterocycles. The lowest BCUT2D eigenvalue weighted by Crippen LogP contribution is -2.40. The predicted octanol–water partition coefficient (Wildman–Crippen LogP) is 3.09. The van der Waals surface area contributed by atoms with Crippen molar-refractivity contribution in [1.82, 2.24) is 5.32 Å². The van der Waals surface area contributed by atoms with Gasteiger partial charge in [-0.1, -0.05) is 18.2 Å². The minimum Gasteiger partial charge on any atom is -0.397 e. The standard InChI is InChI=1S/C16H20N2O2S/c1-9-5-3-6-10-13(17)15(21-14(9)10)16(19)18-11-7-4-8-12(11)20-2/h3,5-6,11-12H,4,7-8,17H2,1-2H3,(H,18,19). The number of nitrogens with two attached hydrogens (primary N) is 1. The first kappa shape index (κ1) is 14.4. The van der Waals surface area contributed by atoms with E-state index in [0.717, 1.165) is 34.9 Å². The first-order valence-corrected chi connectivity index (χ1v) is 8.04. The summed E-state index contributed by atoms with van der Waals surface area (Å²) in [4.78, 5) is 13.1. The van der Waals surface area contributed by atoms with Crippen LogP contribution >= 0.6 is 11.3 Å². The highest BCUT2D eigenvalue weighted by atomic mass is 32.1. The van der Waals surface area contributed by atoms with Gasteiger partial charge in [-0.15, -0.1) is 11.3 Å². The number of anilines is 1. The smallest absolute Gasteiger partial charge is 0.263 e. The molecule has 2 aromatic rings. The summed E-state index contributed by atoms with van der Waals surface area (Å²) in [5, 5.41) is 4.06. The van der Waals surface area contributed by atoms with Gasteiger partial charge in [-0.05, 0) is 31.7 Å². The Morgan fingerprint density at radius 3 is 2.95 bits per heavy atom. The van der Waals surface area contributed by atoms with Gasteiger partial charge in [-0.25, -0.2) is 0 Å². The van der Waals surface area contributed by atoms with E-state index in [-0.39, 0.29) is 18.1 Å². The molecule has 1 fully saturated rings. The Morgan fingerprint density at radius 1 is 1.43 bits per heavy atom. The third kappa shape index (κ3) is 2.51. The second-order valence-corrected chi connectivity index (χ2v) is 6.60. The number of hydrogen-bond donors (Lipinski definition) is 2. The molecule has 4 nitrogen and oxygen atoms in total. The summed E-state index contributed by atoms with van der Waals surface area (Å²) in [6.07, 6.45) is 3.17. The van der Waals surface area contributed by atoms with Crippen molar-refractivity contribution < 1.29 is 9.53 Å². The fourth-order valence-corrected chi connectivity index (χ4v) is 4.15. The predicted molar refractivity (Wildman–Crippen MR) is 86.9 cm³/mol. The highest BCUT2D eigenvalue weighted by Crippen LogP contribution is 2.35. The van der Waals surface area contributed by atoms with Crippen LogP contribution in [0, 0.1) is 6.92 Å². The van der Waals surface area contributed by atoms with E-state index < -0.39 is 0 Å². The van der Waals surface area contributed by atoms with Crippen LogP contribution in [0.25, 0.3) is 10.1 Å². The Labute approximate surface area is 128 Å². The number of nitrogens with one attached hydrogen (secondary N) is 1. The third-order valence-electron chi connectivity index (χ3n) is 4.23. The molecule has 21 heavy (non-hydrogen) atoms. The molecule has 2 unspecified atom stereocenters. The van der Waals surface area contributed by atoms with Crippen LogP contribution in [0.2, 0.25) is 0 Å². The van der Waals surface area contributed by atoms with Gasteiger partial charge >= 0.3 is 0 Å². The van der Waals surface area contributed by atoms with E-state index in [0.29, 0.717) is 10.6 Å². The quantitative estimate of drug-likeness (QED) is 0.916. The molecule has 1 saturated carbocycles. The van der Waals surface area contributed by atoms with Crippen LogP contribution in [-0.2, 0) is 4.74 Å². The zero-order valence-corrected chi connectivity index (χ0v) is 13.1. The Morgan fingerprint density at radius 2 is 2.24 bits per heavy atom. The molecule has 1 heterocycles. The van der Waals surface area contributed by atoms with E-state index in [1.165, 1.54) is 11.3 Å². The van der Waals surface area contributed by atoms with E-state index in [1.54, 1.807) is 7.11 Å². The number of benzene rings is 1. The van der Waals surface area contributed by atoms with E-state index >= 15 is 0 Å². The zero-order valence-electron chi connectivity index (χ0n) is 12.3. The Kier molecular flexibility index (Phi) is 3.87. The van der Waals surface area contributed by atoms with Crippen LogP contribution in [0.1, 0.15) is 34.5 Å². The number of amides is 1. The summed E-state index contributed by atoms with van der Waals surface area (Å²) in [6.45, 7) is 2.04. The molecule has 0 radical (unpaired) electrons. The zero-order chi connectivity index (χ0) is 15.0. The highest BCUT2D eigenvalue weighted by Gasteiger charge is 2.29. The molecule has 0 spiro atoms. The van der Waals surface area contributed by atoms with Crippen molar-refractivity contribution in [3.8, 4) is 0 Å². The van der Waals surface area contributed by atoms with Gasteiger partial charge in [0.25, 0.3) is 5.91 Å². The Bertz CT molecular complexity index is 680. The normalized spacial score (nSPS) is 21.8. The van der Waals surface area contributed by atoms with Crippen LogP contribution in [0.4, 0.5) is 5.69 Å². The van der Waals surface area contributed by atoms with Crippen LogP contribution in [-0.4, -0.2) is 25.2 Å². The number of fused-ring (bicyclic) bond motifs is 1. The molecular formula is C16H20N2O2S. The van der Waals surface area contributed by atoms with E-state index in [1.807, 2.05) is 25.1 Å². The van der Waals surface area contributed by atoms with Gasteiger partial charge in [0.2, 0.25) is 0 Å². The second kappa shape index (κ2) is 5.66. The minimum absolute atomic E-state index is 0.0814. The number of hydrogen-bond acceptors (Lipinski definition) is 4. The molecule has 1 amide bonds. The third-order valence-corrected chi connectivity index (χ3v) is 5.58. The number of nitrogen functional groups attached to an aromatic ring is 1. The molecule has 0 bridgehead atoms. The first-order chi connectivity index (χ1) is 10.1. The lowest BCUT2D eigenvalue weighted by molar-refractivity contribution is 0.0725. The molecule has 1 aliphatic carbocycles. The van der Waals surface area contributed by atoms with Gasteiger partial charge in [0.05, 0.1) is 17.8 Å². The number of methoxy groups -OCH3 is 1. The fourth-order valence-electron chi connectivity index (χ4n) is 3.06. The Balaban J connectivity index is 1.88. The average Bonchev–Trinajstić information content (AvgIpc) is 3.05. The number of ether oxygens (including phenoxy) is 1. The minimum atomic E-state index is -0.0814. The average molecular weight is 304 g/mol. The summed E-state index contributed by atoms with van der Waals surface area (Å²) >= 11 is 1.47. The van der Waals surface area contributed by atoms with E-state index in [4.69, 9.17) is 10.5 Å². The van der Waals surface area contributed by atoms with Gasteiger partial charge in [0.15, 0.2) is 0 Å². The number of rotatable bonds is 3. The van der Waals surface area contributed by atoms with Crippen LogP contribution in [0.3, 0.4) is 0 Å². The van der Waals surface area contributed by atoms with Crippen molar-refractivity contribution in [2.45, 2.75) is 38.3 Å². The molecule has 0 aliphatic heterocycles. The molecule has 5 heteroatoms. The van der Waals surface area contributed by atoms with Crippen LogP contribution in [0.15, 0.2) is 18.2 Å². The number of carbonyl (C=O) groups excluding carboxylic acids is 1. The number of aryl methyl sites for hydroxylation is 1. The van der Waals surface area contributed by atoms with E-state index in [9.17, 15) is 4.79 Å². The summed E-state index contributed by atoms with van der Waals surface area (Å²) in [5.41, 5.74) is 7.91. The second-order valence-electron chi connectivity index (χ2n) is 5.58. The van der Waals surface area contributed by atoms with Crippen LogP contribution < -0.4 is 11.1 Å². The summed E-state index contributed by atoms with van der Waals surface area (Å²) in [6, 6.07) is 6.07. The summed E-state index contributed by atoms with van der Waals surface area (Å²) in [7, 11) is 1.70. The first-order valence-electron chi connectivity index (χ1n) is 7.23. The van der Waals surface area contributed by atoms with Crippen molar-refractivity contribution in [2.75, 3.05) is 12.8 Å². The van der Waals surface area contributed by atoms with Crippen LogP contribution in [0.5, 0.6) is 0 Å². The monoisotopic (exact) mass is 304 g/mol. The van der Waals surface area contributed by atoms with Crippen molar-refractivity contribution in [2.24, 2.45) is 0 Å². The fraction of sp³-hybridized carbons (Fsp3) is 0.438. The Hall–Kier alpha value is -1.59. The molecule has 1 aromatic carbocycles. The van der Waals surface area contributed by atoms with Crippen molar-refractivity contribution in [1.29, 1.82) is 0 Å². The maximum atomic E-state index is 12.5. The molecule has 3 N–H and O–H groups in total. The molecule has 3 rings (SSSR count). The number of carbonyl (C=O) groups is 1. The summed E-state index contributed by atoms with van der Waals surface area (Å²) in [5.74, 6) is -0.0814. The van der Waals surface area contributed by atoms with Gasteiger partial charge < -0.3 is 15.8 Å².